The lowest BCUT2D eigenvalue weighted by molar-refractivity contribution is 0.0998. The molecule has 4 heteroatoms. The maximum Gasteiger partial charge on any atom is 0.249 e. The average Bonchev–Trinajstić information content (AvgIpc) is 2.40. The molecule has 0 saturated carbocycles. The predicted octanol–water partition coefficient (Wildman–Crippen LogP) is 1.22. The molecule has 0 spiro atoms. The first-order valence-electron chi connectivity index (χ1n) is 6.94. The van der Waals surface area contributed by atoms with Gasteiger partial charge in [-0.15, -0.1) is 0 Å². The number of piperidine rings is 1. The van der Waals surface area contributed by atoms with Crippen LogP contribution in [-0.4, -0.2) is 37.5 Å². The van der Waals surface area contributed by atoms with Crippen molar-refractivity contribution in [1.82, 2.24) is 10.2 Å². The van der Waals surface area contributed by atoms with Crippen molar-refractivity contribution >= 4 is 5.91 Å². The van der Waals surface area contributed by atoms with Gasteiger partial charge in [-0.1, -0.05) is 18.2 Å². The molecule has 1 saturated heterocycles. The number of nitrogens with zero attached hydrogens (tertiary/aromatic N) is 1. The minimum absolute atomic E-state index is 0.342. The van der Waals surface area contributed by atoms with Gasteiger partial charge in [0.25, 0.3) is 0 Å². The van der Waals surface area contributed by atoms with Crippen LogP contribution in [0.25, 0.3) is 0 Å². The molecule has 3 N–H and O–H groups in total. The minimum Gasteiger partial charge on any atom is -0.366 e. The van der Waals surface area contributed by atoms with Gasteiger partial charge in [0.05, 0.1) is 0 Å². The molecule has 0 aliphatic carbocycles. The molecule has 1 heterocycles. The summed E-state index contributed by atoms with van der Waals surface area (Å²) in [5.41, 5.74) is 7.07. The van der Waals surface area contributed by atoms with Crippen molar-refractivity contribution in [3.05, 3.63) is 35.4 Å². The zero-order valence-electron chi connectivity index (χ0n) is 11.6. The van der Waals surface area contributed by atoms with E-state index in [4.69, 9.17) is 5.73 Å². The van der Waals surface area contributed by atoms with Gasteiger partial charge in [0.2, 0.25) is 5.91 Å². The third-order valence-electron chi connectivity index (χ3n) is 3.75. The van der Waals surface area contributed by atoms with E-state index in [0.717, 1.165) is 37.7 Å². The number of hydrogen-bond donors (Lipinski definition) is 2. The Morgan fingerprint density at radius 1 is 1.37 bits per heavy atom. The molecule has 0 atom stereocenters. The molecule has 1 aliphatic rings. The summed E-state index contributed by atoms with van der Waals surface area (Å²) in [5.74, 6) is 0.415. The summed E-state index contributed by atoms with van der Waals surface area (Å²) >= 11 is 0. The van der Waals surface area contributed by atoms with Crippen LogP contribution >= 0.6 is 0 Å². The van der Waals surface area contributed by atoms with Gasteiger partial charge in [0.1, 0.15) is 0 Å². The summed E-state index contributed by atoms with van der Waals surface area (Å²) in [6.07, 6.45) is 2.48. The summed E-state index contributed by atoms with van der Waals surface area (Å²) in [6, 6.07) is 7.60. The Morgan fingerprint density at radius 3 is 2.74 bits per heavy atom. The molecule has 19 heavy (non-hydrogen) atoms. The van der Waals surface area contributed by atoms with E-state index in [1.54, 1.807) is 6.07 Å². The van der Waals surface area contributed by atoms with Crippen LogP contribution in [0.3, 0.4) is 0 Å². The largest absolute Gasteiger partial charge is 0.366 e. The summed E-state index contributed by atoms with van der Waals surface area (Å²) in [7, 11) is 2.11. The SMILES string of the molecule is CN(Cc1ccccc1C(N)=O)CC1CCNCC1. The Bertz CT molecular complexity index is 427. The number of primary amides is 1. The van der Waals surface area contributed by atoms with E-state index in [-0.39, 0.29) is 5.91 Å². The van der Waals surface area contributed by atoms with E-state index < -0.39 is 0 Å². The highest BCUT2D eigenvalue weighted by Crippen LogP contribution is 2.16. The molecule has 1 aromatic carbocycles. The lowest BCUT2D eigenvalue weighted by Crippen LogP contribution is -2.34. The molecule has 1 aliphatic heterocycles. The van der Waals surface area contributed by atoms with Crippen molar-refractivity contribution in [2.75, 3.05) is 26.7 Å². The van der Waals surface area contributed by atoms with Crippen LogP contribution in [-0.2, 0) is 6.54 Å². The third kappa shape index (κ3) is 4.04. The Kier molecular flexibility index (Phi) is 4.93. The number of nitrogens with two attached hydrogens (primary N) is 1. The van der Waals surface area contributed by atoms with Crippen molar-refractivity contribution in [2.24, 2.45) is 11.7 Å². The highest BCUT2D eigenvalue weighted by atomic mass is 16.1. The van der Waals surface area contributed by atoms with Gasteiger partial charge >= 0.3 is 0 Å². The summed E-state index contributed by atoms with van der Waals surface area (Å²) in [5, 5.41) is 3.38. The molecular formula is C15H23N3O. The standard InChI is InChI=1S/C15H23N3O/c1-18(10-12-6-8-17-9-7-12)11-13-4-2-3-5-14(13)15(16)19/h2-5,12,17H,6-11H2,1H3,(H2,16,19). The van der Waals surface area contributed by atoms with Gasteiger partial charge in [-0.05, 0) is 50.5 Å². The fourth-order valence-electron chi connectivity index (χ4n) is 2.76. The molecule has 2 rings (SSSR count). The summed E-state index contributed by atoms with van der Waals surface area (Å²) in [4.78, 5) is 13.7. The quantitative estimate of drug-likeness (QED) is 0.838. The van der Waals surface area contributed by atoms with Crippen LogP contribution in [0.15, 0.2) is 24.3 Å². The third-order valence-corrected chi connectivity index (χ3v) is 3.75. The van der Waals surface area contributed by atoms with Gasteiger partial charge in [0.15, 0.2) is 0 Å². The van der Waals surface area contributed by atoms with Crippen LogP contribution in [0.1, 0.15) is 28.8 Å². The Morgan fingerprint density at radius 2 is 2.05 bits per heavy atom. The van der Waals surface area contributed by atoms with Crippen molar-refractivity contribution in [2.45, 2.75) is 19.4 Å². The Labute approximate surface area is 115 Å². The van der Waals surface area contributed by atoms with Crippen molar-refractivity contribution in [3.63, 3.8) is 0 Å². The van der Waals surface area contributed by atoms with Gasteiger partial charge in [0, 0.05) is 18.7 Å². The molecule has 1 fully saturated rings. The molecular weight excluding hydrogens is 238 g/mol. The number of hydrogen-bond acceptors (Lipinski definition) is 3. The van der Waals surface area contributed by atoms with Gasteiger partial charge < -0.3 is 16.0 Å². The molecule has 1 amide bonds. The van der Waals surface area contributed by atoms with E-state index in [1.165, 1.54) is 12.8 Å². The number of nitrogens with one attached hydrogen (secondary N) is 1. The fraction of sp³-hybridized carbons (Fsp3) is 0.533. The highest BCUT2D eigenvalue weighted by Gasteiger charge is 2.16. The fourth-order valence-corrected chi connectivity index (χ4v) is 2.76. The first-order chi connectivity index (χ1) is 9.16. The second-order valence-corrected chi connectivity index (χ2v) is 5.41. The van der Waals surface area contributed by atoms with Crippen molar-refractivity contribution < 1.29 is 4.79 Å². The van der Waals surface area contributed by atoms with Gasteiger partial charge in [-0.3, -0.25) is 4.79 Å². The van der Waals surface area contributed by atoms with Crippen LogP contribution in [0.2, 0.25) is 0 Å². The van der Waals surface area contributed by atoms with Crippen LogP contribution in [0.5, 0.6) is 0 Å². The number of carbonyl (C=O) groups is 1. The highest BCUT2D eigenvalue weighted by molar-refractivity contribution is 5.94. The number of rotatable bonds is 5. The first kappa shape index (κ1) is 14.0. The summed E-state index contributed by atoms with van der Waals surface area (Å²) < 4.78 is 0. The van der Waals surface area contributed by atoms with Crippen LogP contribution in [0, 0.1) is 5.92 Å². The second kappa shape index (κ2) is 6.68. The number of carbonyl (C=O) groups excluding carboxylic acids is 1. The van der Waals surface area contributed by atoms with Crippen LogP contribution in [0.4, 0.5) is 0 Å². The predicted molar refractivity (Wildman–Crippen MR) is 76.9 cm³/mol. The zero-order valence-corrected chi connectivity index (χ0v) is 11.6. The molecule has 0 radical (unpaired) electrons. The van der Waals surface area contributed by atoms with E-state index in [1.807, 2.05) is 18.2 Å². The molecule has 1 aromatic rings. The number of benzene rings is 1. The topological polar surface area (TPSA) is 58.4 Å². The Hall–Kier alpha value is -1.39. The van der Waals surface area contributed by atoms with E-state index in [0.29, 0.717) is 5.56 Å². The van der Waals surface area contributed by atoms with Crippen LogP contribution < -0.4 is 11.1 Å². The zero-order chi connectivity index (χ0) is 13.7. The second-order valence-electron chi connectivity index (χ2n) is 5.41. The van der Waals surface area contributed by atoms with E-state index in [2.05, 4.69) is 17.3 Å². The monoisotopic (exact) mass is 261 g/mol. The lowest BCUT2D eigenvalue weighted by Gasteiger charge is -2.27. The molecule has 4 nitrogen and oxygen atoms in total. The smallest absolute Gasteiger partial charge is 0.249 e. The minimum atomic E-state index is -0.342. The van der Waals surface area contributed by atoms with Gasteiger partial charge in [-0.25, -0.2) is 0 Å². The Balaban J connectivity index is 1.94. The van der Waals surface area contributed by atoms with Gasteiger partial charge in [-0.2, -0.15) is 0 Å². The van der Waals surface area contributed by atoms with E-state index in [9.17, 15) is 4.79 Å². The maximum atomic E-state index is 11.4. The normalized spacial score (nSPS) is 16.7. The summed E-state index contributed by atoms with van der Waals surface area (Å²) in [6.45, 7) is 4.10. The first-order valence-corrected chi connectivity index (χ1v) is 6.94. The lowest BCUT2D eigenvalue weighted by atomic mass is 9.97. The van der Waals surface area contributed by atoms with Crippen molar-refractivity contribution in [3.8, 4) is 0 Å². The maximum absolute atomic E-state index is 11.4. The molecule has 0 unspecified atom stereocenters. The van der Waals surface area contributed by atoms with Crippen molar-refractivity contribution in [1.29, 1.82) is 0 Å². The molecule has 0 bridgehead atoms. The molecule has 0 aromatic heterocycles. The average molecular weight is 261 g/mol. The molecule has 104 valence electrons. The van der Waals surface area contributed by atoms with E-state index >= 15 is 0 Å². The number of amides is 1.